The molecule has 0 bridgehead atoms. The maximum atomic E-state index is 12.3. The Morgan fingerprint density at radius 2 is 2.00 bits per heavy atom. The third kappa shape index (κ3) is 5.07. The number of allylic oxidation sites excluding steroid dienone is 2. The van der Waals surface area contributed by atoms with Crippen molar-refractivity contribution < 1.29 is 18.9 Å². The minimum atomic E-state index is -0.353. The van der Waals surface area contributed by atoms with Crippen molar-refractivity contribution in [2.45, 2.75) is 6.92 Å². The lowest BCUT2D eigenvalue weighted by Gasteiger charge is -2.33. The van der Waals surface area contributed by atoms with Crippen molar-refractivity contribution in [1.82, 2.24) is 10.4 Å². The molecule has 1 unspecified atom stereocenters. The molecule has 6 nitrogen and oxygen atoms in total. The van der Waals surface area contributed by atoms with Crippen LogP contribution in [0, 0.1) is 0 Å². The smallest absolute Gasteiger partial charge is 0.301 e. The van der Waals surface area contributed by atoms with E-state index in [-0.39, 0.29) is 29.5 Å². The summed E-state index contributed by atoms with van der Waals surface area (Å²) < 4.78 is 0.0432. The van der Waals surface area contributed by atoms with E-state index in [4.69, 9.17) is 0 Å². The zero-order valence-electron chi connectivity index (χ0n) is 14.2. The summed E-state index contributed by atoms with van der Waals surface area (Å²) in [5.74, 6) is -0.402. The van der Waals surface area contributed by atoms with E-state index in [0.29, 0.717) is 12.8 Å². The molecule has 0 spiro atoms. The van der Waals surface area contributed by atoms with E-state index in [0.717, 1.165) is 5.56 Å². The maximum absolute atomic E-state index is 12.3. The zero-order chi connectivity index (χ0) is 18.1. The lowest BCUT2D eigenvalue weighted by atomic mass is 10.2. The van der Waals surface area contributed by atoms with Crippen molar-refractivity contribution in [3.8, 4) is 0 Å². The summed E-state index contributed by atoms with van der Waals surface area (Å²) in [6.07, 6.45) is 11.1. The van der Waals surface area contributed by atoms with Crippen molar-refractivity contribution in [1.29, 1.82) is 0 Å². The molecule has 1 aliphatic heterocycles. The Bertz CT molecular complexity index is 710. The number of carbonyl (C=O) groups excluding carboxylic acids is 3. The van der Waals surface area contributed by atoms with Crippen molar-refractivity contribution in [3.05, 3.63) is 66.4 Å². The van der Waals surface area contributed by atoms with Crippen LogP contribution in [0.3, 0.4) is 0 Å². The zero-order valence-corrected chi connectivity index (χ0v) is 14.2. The number of hydrogen-bond acceptors (Lipinski definition) is 4. The lowest BCUT2D eigenvalue weighted by Crippen LogP contribution is -2.57. The molecule has 1 aromatic rings. The number of nitrogens with zero attached hydrogens (tertiary/aromatic N) is 2. The Labute approximate surface area is 147 Å². The van der Waals surface area contributed by atoms with Gasteiger partial charge in [0.05, 0.1) is 13.5 Å². The molecule has 1 N–H and O–H groups in total. The highest BCUT2D eigenvalue weighted by Crippen LogP contribution is 2.12. The summed E-state index contributed by atoms with van der Waals surface area (Å²) in [6.45, 7) is 2.10. The van der Waals surface area contributed by atoms with Crippen LogP contribution in [0.25, 0.3) is 6.08 Å². The summed E-state index contributed by atoms with van der Waals surface area (Å²) in [4.78, 5) is 35.3. The van der Waals surface area contributed by atoms with Crippen molar-refractivity contribution >= 4 is 24.2 Å². The van der Waals surface area contributed by atoms with E-state index in [2.05, 4.69) is 5.43 Å². The molecular formula is C19H22N3O3+. The minimum absolute atomic E-state index is 0.0432. The Kier molecular flexibility index (Phi) is 6.56. The Morgan fingerprint density at radius 3 is 2.60 bits per heavy atom. The molecule has 0 aliphatic carbocycles. The Hall–Kier alpha value is -2.83. The van der Waals surface area contributed by atoms with Crippen LogP contribution in [0.15, 0.2) is 60.8 Å². The molecule has 130 valence electrons. The van der Waals surface area contributed by atoms with Gasteiger partial charge in [-0.3, -0.25) is 9.80 Å². The van der Waals surface area contributed by atoms with Crippen LogP contribution in [0.5, 0.6) is 0 Å². The molecule has 0 radical (unpaired) electrons. The molecule has 1 aromatic carbocycles. The van der Waals surface area contributed by atoms with E-state index in [9.17, 15) is 14.4 Å². The second kappa shape index (κ2) is 8.86. The number of nitrogens with one attached hydrogen (secondary N) is 1. The van der Waals surface area contributed by atoms with E-state index in [1.165, 1.54) is 18.0 Å². The predicted molar refractivity (Wildman–Crippen MR) is 95.3 cm³/mol. The van der Waals surface area contributed by atoms with Gasteiger partial charge in [-0.1, -0.05) is 36.4 Å². The molecule has 0 fully saturated rings. The van der Waals surface area contributed by atoms with Gasteiger partial charge in [0.25, 0.3) is 5.91 Å². The summed E-state index contributed by atoms with van der Waals surface area (Å²) in [5.41, 5.74) is 3.80. The molecule has 0 aromatic heterocycles. The van der Waals surface area contributed by atoms with Crippen LogP contribution in [0.1, 0.15) is 12.5 Å². The quantitative estimate of drug-likeness (QED) is 0.355. The monoisotopic (exact) mass is 340 g/mol. The van der Waals surface area contributed by atoms with Crippen LogP contribution in [0.4, 0.5) is 0 Å². The fraction of sp³-hybridized carbons (Fsp3) is 0.211. The molecule has 2 rings (SSSR count). The molecule has 6 heteroatoms. The highest BCUT2D eigenvalue weighted by molar-refractivity contribution is 5.92. The van der Waals surface area contributed by atoms with Crippen molar-refractivity contribution in [2.24, 2.45) is 0 Å². The van der Waals surface area contributed by atoms with Gasteiger partial charge in [0, 0.05) is 6.08 Å². The SMILES string of the molecule is CC(=O)[N+]1(CNN(CC=O)C(=O)/C=C/c2ccccc2)C=CC=CC1. The van der Waals surface area contributed by atoms with E-state index >= 15 is 0 Å². The number of quaternary nitrogens is 1. The third-order valence-corrected chi connectivity index (χ3v) is 3.96. The molecule has 0 saturated heterocycles. The number of benzene rings is 1. The van der Waals surface area contributed by atoms with Gasteiger partial charge in [-0.25, -0.2) is 9.28 Å². The number of aldehydes is 1. The average Bonchev–Trinajstić information content (AvgIpc) is 2.64. The number of carbonyl (C=O) groups is 3. The first-order chi connectivity index (χ1) is 12.1. The van der Waals surface area contributed by atoms with Crippen LogP contribution in [-0.4, -0.2) is 47.4 Å². The van der Waals surface area contributed by atoms with Gasteiger partial charge in [0.15, 0.2) is 6.67 Å². The summed E-state index contributed by atoms with van der Waals surface area (Å²) in [6, 6.07) is 9.40. The van der Waals surface area contributed by atoms with E-state index in [1.807, 2.05) is 42.5 Å². The fourth-order valence-corrected chi connectivity index (χ4v) is 2.41. The van der Waals surface area contributed by atoms with Gasteiger partial charge in [0.2, 0.25) is 0 Å². The average molecular weight is 340 g/mol. The van der Waals surface area contributed by atoms with E-state index in [1.54, 1.807) is 18.4 Å². The van der Waals surface area contributed by atoms with E-state index < -0.39 is 0 Å². The largest absolute Gasteiger partial charge is 0.316 e. The number of rotatable bonds is 7. The number of hydrogen-bond donors (Lipinski definition) is 1. The Balaban J connectivity index is 2.04. The first-order valence-electron chi connectivity index (χ1n) is 8.01. The molecule has 25 heavy (non-hydrogen) atoms. The molecule has 2 amide bonds. The number of hydrazine groups is 1. The minimum Gasteiger partial charge on any atom is -0.301 e. The highest BCUT2D eigenvalue weighted by atomic mass is 16.2. The van der Waals surface area contributed by atoms with Crippen LogP contribution in [-0.2, 0) is 14.4 Å². The van der Waals surface area contributed by atoms with Crippen LogP contribution >= 0.6 is 0 Å². The molecule has 1 aliphatic rings. The van der Waals surface area contributed by atoms with Gasteiger partial charge in [0.1, 0.15) is 19.0 Å². The van der Waals surface area contributed by atoms with Gasteiger partial charge < -0.3 is 4.79 Å². The molecule has 0 saturated carbocycles. The maximum Gasteiger partial charge on any atom is 0.316 e. The standard InChI is InChI=1S/C19H22N3O3/c1-17(24)22(13-6-3-7-14-22)16-20-21(12-15-23)19(25)11-10-18-8-4-2-5-9-18/h2-11,13,15,20H,12,14,16H2,1H3/q+1/b11-10+. The normalized spacial score (nSPS) is 19.1. The number of amides is 2. The topological polar surface area (TPSA) is 66.5 Å². The van der Waals surface area contributed by atoms with Gasteiger partial charge >= 0.3 is 5.91 Å². The molecule has 1 atom stereocenters. The van der Waals surface area contributed by atoms with Crippen molar-refractivity contribution in [3.63, 3.8) is 0 Å². The van der Waals surface area contributed by atoms with Crippen LogP contribution in [0.2, 0.25) is 0 Å². The van der Waals surface area contributed by atoms with Crippen molar-refractivity contribution in [2.75, 3.05) is 19.8 Å². The fourth-order valence-electron chi connectivity index (χ4n) is 2.41. The first kappa shape index (κ1) is 18.5. The predicted octanol–water partition coefficient (Wildman–Crippen LogP) is 1.64. The Morgan fingerprint density at radius 1 is 1.24 bits per heavy atom. The van der Waals surface area contributed by atoms with Gasteiger partial charge in [-0.05, 0) is 23.8 Å². The first-order valence-corrected chi connectivity index (χ1v) is 8.01. The second-order valence-corrected chi connectivity index (χ2v) is 5.68. The van der Waals surface area contributed by atoms with Gasteiger partial charge in [-0.2, -0.15) is 5.43 Å². The second-order valence-electron chi connectivity index (χ2n) is 5.68. The lowest BCUT2D eigenvalue weighted by molar-refractivity contribution is -0.801. The summed E-state index contributed by atoms with van der Waals surface area (Å²) in [5, 5.41) is 1.21. The molecular weight excluding hydrogens is 318 g/mol. The highest BCUT2D eigenvalue weighted by Gasteiger charge is 2.31. The van der Waals surface area contributed by atoms with Crippen LogP contribution < -0.4 is 5.43 Å². The van der Waals surface area contributed by atoms with Gasteiger partial charge in [-0.15, -0.1) is 0 Å². The third-order valence-electron chi connectivity index (χ3n) is 3.96. The summed E-state index contributed by atoms with van der Waals surface area (Å²) in [7, 11) is 0. The molecule has 1 heterocycles. The summed E-state index contributed by atoms with van der Waals surface area (Å²) >= 11 is 0.